The quantitative estimate of drug-likeness (QED) is 0.777. The van der Waals surface area contributed by atoms with E-state index < -0.39 is 5.97 Å². The van der Waals surface area contributed by atoms with Gasteiger partial charge in [-0.05, 0) is 23.1 Å². The largest absolute Gasteiger partial charge is 0.478 e. The number of nitrogens with zero attached hydrogens (tertiary/aromatic N) is 4. The Bertz CT molecular complexity index is 903. The molecule has 3 aromatic rings. The van der Waals surface area contributed by atoms with Gasteiger partial charge >= 0.3 is 5.97 Å². The van der Waals surface area contributed by atoms with Crippen molar-refractivity contribution in [2.24, 2.45) is 0 Å². The summed E-state index contributed by atoms with van der Waals surface area (Å²) in [6, 6.07) is 9.25. The van der Waals surface area contributed by atoms with Gasteiger partial charge in [-0.1, -0.05) is 18.2 Å². The molecule has 1 saturated heterocycles. The molecule has 1 N–H and O–H groups in total. The van der Waals surface area contributed by atoms with Crippen LogP contribution in [-0.4, -0.2) is 52.1 Å². The Morgan fingerprint density at radius 1 is 1.12 bits per heavy atom. The Labute approximate surface area is 149 Å². The van der Waals surface area contributed by atoms with Gasteiger partial charge in [0.15, 0.2) is 0 Å². The van der Waals surface area contributed by atoms with E-state index in [0.29, 0.717) is 12.1 Å². The number of hydrogen-bond acceptors (Lipinski definition) is 6. The van der Waals surface area contributed by atoms with E-state index in [0.717, 1.165) is 47.8 Å². The van der Waals surface area contributed by atoms with E-state index >= 15 is 0 Å². The zero-order chi connectivity index (χ0) is 17.2. The molecule has 3 heterocycles. The topological polar surface area (TPSA) is 69.6 Å². The van der Waals surface area contributed by atoms with Crippen LogP contribution < -0.4 is 4.90 Å². The first-order valence-electron chi connectivity index (χ1n) is 8.19. The van der Waals surface area contributed by atoms with E-state index in [9.17, 15) is 9.90 Å². The number of carboxylic acid groups (broad SMARTS) is 1. The second-order valence-corrected chi connectivity index (χ2v) is 6.97. The van der Waals surface area contributed by atoms with Gasteiger partial charge in [0.05, 0.1) is 15.8 Å². The van der Waals surface area contributed by atoms with E-state index in [-0.39, 0.29) is 0 Å². The highest BCUT2D eigenvalue weighted by Gasteiger charge is 2.21. The molecule has 1 aliphatic rings. The van der Waals surface area contributed by atoms with Gasteiger partial charge in [0.1, 0.15) is 12.1 Å². The molecule has 128 valence electrons. The van der Waals surface area contributed by atoms with Gasteiger partial charge in [-0.3, -0.25) is 4.90 Å². The zero-order valence-corrected chi connectivity index (χ0v) is 14.4. The number of aromatic carboxylic acids is 1. The molecule has 1 aliphatic heterocycles. The van der Waals surface area contributed by atoms with Crippen molar-refractivity contribution in [3.8, 4) is 0 Å². The molecule has 0 aliphatic carbocycles. The summed E-state index contributed by atoms with van der Waals surface area (Å²) in [6.45, 7) is 4.17. The van der Waals surface area contributed by atoms with Crippen molar-refractivity contribution < 1.29 is 9.90 Å². The molecule has 0 bridgehead atoms. The molecule has 25 heavy (non-hydrogen) atoms. The van der Waals surface area contributed by atoms with Gasteiger partial charge in [0.25, 0.3) is 0 Å². The van der Waals surface area contributed by atoms with Crippen LogP contribution in [0, 0.1) is 0 Å². The maximum atomic E-state index is 11.4. The van der Waals surface area contributed by atoms with E-state index in [2.05, 4.69) is 19.8 Å². The number of benzene rings is 1. The minimum absolute atomic E-state index is 0.390. The predicted molar refractivity (Wildman–Crippen MR) is 98.3 cm³/mol. The standard InChI is InChI=1S/C18H18N4O2S/c23-18(24)14-4-2-1-3-13(14)11-21-6-8-22(9-7-21)17-16-15(5-10-25-16)19-12-20-17/h1-5,10,12H,6-9,11H2,(H,23,24). The molecular weight excluding hydrogens is 336 g/mol. The van der Waals surface area contributed by atoms with Gasteiger partial charge < -0.3 is 10.0 Å². The van der Waals surface area contributed by atoms with Crippen LogP contribution >= 0.6 is 11.3 Å². The summed E-state index contributed by atoms with van der Waals surface area (Å²) in [4.78, 5) is 24.7. The molecule has 0 saturated carbocycles. The smallest absolute Gasteiger partial charge is 0.336 e. The van der Waals surface area contributed by atoms with Gasteiger partial charge in [-0.15, -0.1) is 11.3 Å². The maximum absolute atomic E-state index is 11.4. The van der Waals surface area contributed by atoms with Gasteiger partial charge in [0, 0.05) is 32.7 Å². The van der Waals surface area contributed by atoms with Crippen LogP contribution in [0.2, 0.25) is 0 Å². The summed E-state index contributed by atoms with van der Waals surface area (Å²) in [7, 11) is 0. The predicted octanol–water partition coefficient (Wildman–Crippen LogP) is 2.71. The Balaban J connectivity index is 1.46. The highest BCUT2D eigenvalue weighted by Crippen LogP contribution is 2.28. The number of carboxylic acids is 1. The Hall–Kier alpha value is -2.51. The number of carbonyl (C=O) groups is 1. The number of thiophene rings is 1. The average Bonchev–Trinajstić information content (AvgIpc) is 3.11. The Morgan fingerprint density at radius 3 is 2.72 bits per heavy atom. The third-order valence-corrected chi connectivity index (χ3v) is 5.44. The van der Waals surface area contributed by atoms with E-state index in [1.165, 1.54) is 0 Å². The lowest BCUT2D eigenvalue weighted by Crippen LogP contribution is -2.46. The summed E-state index contributed by atoms with van der Waals surface area (Å²) in [5.74, 6) is 0.140. The lowest BCUT2D eigenvalue weighted by molar-refractivity contribution is 0.0694. The fourth-order valence-electron chi connectivity index (χ4n) is 3.23. The normalized spacial score (nSPS) is 15.6. The van der Waals surface area contributed by atoms with E-state index in [1.54, 1.807) is 29.8 Å². The first kappa shape index (κ1) is 16.0. The number of anilines is 1. The molecule has 2 aromatic heterocycles. The highest BCUT2D eigenvalue weighted by molar-refractivity contribution is 7.17. The second kappa shape index (κ2) is 6.78. The molecule has 4 rings (SSSR count). The Kier molecular flexibility index (Phi) is 4.33. The van der Waals surface area contributed by atoms with E-state index in [1.807, 2.05) is 23.6 Å². The fraction of sp³-hybridized carbons (Fsp3) is 0.278. The first-order valence-corrected chi connectivity index (χ1v) is 9.07. The van der Waals surface area contributed by atoms with E-state index in [4.69, 9.17) is 0 Å². The molecular formula is C18H18N4O2S. The molecule has 0 unspecified atom stereocenters. The zero-order valence-electron chi connectivity index (χ0n) is 13.6. The SMILES string of the molecule is O=C(O)c1ccccc1CN1CCN(c2ncnc3ccsc23)CC1. The molecule has 7 heteroatoms. The number of aromatic nitrogens is 2. The van der Waals surface area contributed by atoms with Gasteiger partial charge in [0.2, 0.25) is 0 Å². The molecule has 1 aromatic carbocycles. The molecule has 0 amide bonds. The molecule has 0 radical (unpaired) electrons. The number of hydrogen-bond donors (Lipinski definition) is 1. The average molecular weight is 354 g/mol. The monoisotopic (exact) mass is 354 g/mol. The van der Waals surface area contributed by atoms with Gasteiger partial charge in [-0.25, -0.2) is 14.8 Å². The molecule has 0 spiro atoms. The second-order valence-electron chi connectivity index (χ2n) is 6.06. The van der Waals surface area contributed by atoms with Crippen LogP contribution in [0.5, 0.6) is 0 Å². The van der Waals surface area contributed by atoms with Crippen LogP contribution in [0.3, 0.4) is 0 Å². The Morgan fingerprint density at radius 2 is 1.92 bits per heavy atom. The number of fused-ring (bicyclic) bond motifs is 1. The molecule has 1 fully saturated rings. The van der Waals surface area contributed by atoms with Crippen molar-refractivity contribution in [2.75, 3.05) is 31.1 Å². The lowest BCUT2D eigenvalue weighted by Gasteiger charge is -2.35. The van der Waals surface area contributed by atoms with Gasteiger partial charge in [-0.2, -0.15) is 0 Å². The minimum Gasteiger partial charge on any atom is -0.478 e. The summed E-state index contributed by atoms with van der Waals surface area (Å²) in [5.41, 5.74) is 2.25. The number of rotatable bonds is 4. The van der Waals surface area contributed by atoms with Crippen molar-refractivity contribution in [1.82, 2.24) is 14.9 Å². The fourth-order valence-corrected chi connectivity index (χ4v) is 4.09. The summed E-state index contributed by atoms with van der Waals surface area (Å²) in [6.07, 6.45) is 1.62. The van der Waals surface area contributed by atoms with Crippen LogP contribution in [0.1, 0.15) is 15.9 Å². The highest BCUT2D eigenvalue weighted by atomic mass is 32.1. The van der Waals surface area contributed by atoms with Crippen LogP contribution in [0.25, 0.3) is 10.2 Å². The third-order valence-electron chi connectivity index (χ3n) is 4.54. The van der Waals surface area contributed by atoms with Crippen molar-refractivity contribution in [1.29, 1.82) is 0 Å². The lowest BCUT2D eigenvalue weighted by atomic mass is 10.1. The summed E-state index contributed by atoms with van der Waals surface area (Å²) >= 11 is 1.67. The van der Waals surface area contributed by atoms with Crippen molar-refractivity contribution in [3.63, 3.8) is 0 Å². The summed E-state index contributed by atoms with van der Waals surface area (Å²) < 4.78 is 1.13. The first-order chi connectivity index (χ1) is 12.2. The minimum atomic E-state index is -0.865. The third kappa shape index (κ3) is 3.20. The van der Waals surface area contributed by atoms with Crippen molar-refractivity contribution in [3.05, 3.63) is 53.2 Å². The summed E-state index contributed by atoms with van der Waals surface area (Å²) in [5, 5.41) is 11.4. The maximum Gasteiger partial charge on any atom is 0.336 e. The van der Waals surface area contributed by atoms with Crippen LogP contribution in [0.4, 0.5) is 5.82 Å². The van der Waals surface area contributed by atoms with Crippen LogP contribution in [-0.2, 0) is 6.54 Å². The molecule has 0 atom stereocenters. The van der Waals surface area contributed by atoms with Crippen molar-refractivity contribution in [2.45, 2.75) is 6.54 Å². The van der Waals surface area contributed by atoms with Crippen molar-refractivity contribution >= 4 is 33.3 Å². The molecule has 6 nitrogen and oxygen atoms in total. The number of piperazine rings is 1. The van der Waals surface area contributed by atoms with Crippen LogP contribution in [0.15, 0.2) is 42.0 Å².